The van der Waals surface area contributed by atoms with Gasteiger partial charge in [0.05, 0.1) is 42.0 Å². The molecule has 37 nitrogen and oxygen atoms in total. The van der Waals surface area contributed by atoms with Crippen LogP contribution in [0.5, 0.6) is 0 Å². The van der Waals surface area contributed by atoms with Crippen molar-refractivity contribution in [1.82, 2.24) is 29.1 Å². The van der Waals surface area contributed by atoms with Crippen LogP contribution in [0.3, 0.4) is 0 Å². The van der Waals surface area contributed by atoms with Gasteiger partial charge < -0.3 is 97.5 Å². The lowest BCUT2D eigenvalue weighted by Gasteiger charge is -2.25. The number of aliphatic hydroxyl groups is 2. The molecule has 7 fully saturated rings. The minimum Gasteiger partial charge on any atom is -0.459 e. The third-order valence-corrected chi connectivity index (χ3v) is 20.5. The van der Waals surface area contributed by atoms with Gasteiger partial charge in [-0.1, -0.05) is 113 Å². The van der Waals surface area contributed by atoms with Gasteiger partial charge in [-0.2, -0.15) is 9.97 Å². The quantitative estimate of drug-likeness (QED) is 0.0360. The van der Waals surface area contributed by atoms with Crippen molar-refractivity contribution in [3.8, 4) is 0 Å². The monoisotopic (exact) mass is 1630 g/mol. The van der Waals surface area contributed by atoms with E-state index in [0.717, 1.165) is 22.0 Å². The molecule has 4 aromatic heterocycles. The maximum absolute atomic E-state index is 12.7. The van der Waals surface area contributed by atoms with Crippen molar-refractivity contribution in [2.45, 2.75) is 337 Å². The Bertz CT molecular complexity index is 4070. The van der Waals surface area contributed by atoms with E-state index in [0.29, 0.717) is 61.2 Å². The van der Waals surface area contributed by atoms with Crippen molar-refractivity contribution in [2.75, 3.05) is 11.5 Å². The molecule has 39 heteroatoms. The van der Waals surface area contributed by atoms with Crippen molar-refractivity contribution in [2.24, 2.45) is 23.7 Å². The number of hydrogen-bond acceptors (Lipinski definition) is 35. The summed E-state index contributed by atoms with van der Waals surface area (Å²) in [7, 11) is 0. The highest BCUT2D eigenvalue weighted by atomic mass is 32.1. The Hall–Kier alpha value is -7.41. The molecule has 4 aromatic rings. The van der Waals surface area contributed by atoms with Crippen LogP contribution >= 0.6 is 22.7 Å². The van der Waals surface area contributed by atoms with Crippen molar-refractivity contribution in [3.63, 3.8) is 0 Å². The summed E-state index contributed by atoms with van der Waals surface area (Å²) in [5, 5.41) is 20.1. The van der Waals surface area contributed by atoms with E-state index < -0.39 is 130 Å². The average molecular weight is 1630 g/mol. The van der Waals surface area contributed by atoms with E-state index in [1.807, 2.05) is 76.2 Å². The molecule has 7 saturated heterocycles. The molecule has 20 atom stereocenters. The zero-order chi connectivity index (χ0) is 83.5. The molecule has 630 valence electrons. The number of carbonyl (C=O) groups excluding carboxylic acids is 7. The Morgan fingerprint density at radius 2 is 0.821 bits per heavy atom. The maximum atomic E-state index is 12.7. The lowest BCUT2D eigenvalue weighted by Crippen LogP contribution is -2.34. The highest BCUT2D eigenvalue weighted by molar-refractivity contribution is 7.16. The Kier molecular flexibility index (Phi) is 32.6. The van der Waals surface area contributed by atoms with E-state index in [2.05, 4.69) is 19.9 Å². The van der Waals surface area contributed by atoms with Gasteiger partial charge in [0.25, 0.3) is 11.1 Å². The molecule has 7 aliphatic rings. The molecule has 11 heterocycles. The Balaban J connectivity index is 0.000000198. The summed E-state index contributed by atoms with van der Waals surface area (Å²) in [6.45, 7) is 34.8. The van der Waals surface area contributed by atoms with Gasteiger partial charge in [0.2, 0.25) is 18.2 Å². The summed E-state index contributed by atoms with van der Waals surface area (Å²) in [4.78, 5) is 142. The summed E-state index contributed by atoms with van der Waals surface area (Å²) >= 11 is 1.39. The number of rotatable bonds is 23. The summed E-state index contributed by atoms with van der Waals surface area (Å²) in [6.07, 6.45) is -5.50. The number of aromatic amines is 2. The number of thiazole rings is 2. The number of esters is 7. The summed E-state index contributed by atoms with van der Waals surface area (Å²) in [5.41, 5.74) is 10.2. The number of ether oxygens (including phenoxy) is 16. The predicted molar refractivity (Wildman–Crippen MR) is 400 cm³/mol. The molecule has 0 aromatic carbocycles. The van der Waals surface area contributed by atoms with E-state index in [-0.39, 0.29) is 136 Å². The first-order valence-electron chi connectivity index (χ1n) is 37.9. The first-order valence-corrected chi connectivity index (χ1v) is 39.6. The van der Waals surface area contributed by atoms with Gasteiger partial charge in [-0.05, 0) is 59.8 Å². The van der Waals surface area contributed by atoms with Gasteiger partial charge in [0.15, 0.2) is 54.0 Å². The minimum absolute atomic E-state index is 0.0174. The number of aliphatic hydroxyl groups excluding tert-OH is 2. The van der Waals surface area contributed by atoms with E-state index in [1.54, 1.807) is 41.5 Å². The number of H-pyrrole nitrogens is 2. The molecule has 0 amide bonds. The van der Waals surface area contributed by atoms with Crippen molar-refractivity contribution < 1.29 is 120 Å². The summed E-state index contributed by atoms with van der Waals surface area (Å²) in [5.74, 6) is -5.22. The maximum Gasteiger partial charge on any atom is 0.311 e. The standard InChI is InChI=1S/C18H24N4O7S.C16H22N4O6S.C15H24O7.C14H24O5.C10H18O4/c1-5-9(29-16(25)7(2)3)10-6-11(27-8(4)23)15(28-10)22-13-12(30-18(22)26)14(24)21-17(19)20-13;1-4-8(26-14(23)6(2)3)9-5-7(21)13(25-9)20-11-10(27-16(20)24)12(22)19-15(17)18-11;1-6-11(21-14(18)8(2)3)12-7-13(19-9(4)16)15(22-12)20-10(5)17;1-6-9(16-12(15)8(2)3)10-7-11-13(17-10)19-14(4,5)18-11;1-4-6(11)7-5-8-9(12-7)14-10(2,3)13-8/h7,9-11,15H,5-6H2,1-4H3,(H3,19,20,21,24);6-9,13,21H,4-5H2,1-3H3,(H3,17,18,19,22);8,11-13,15H,6-7H2,1-5H3;8-11,13H,6-7H2,1-5H3;6-9,11H,4-5H2,1-3H3/t9-,10-,11+,15+;7-,8+,9+,13-;11-,12-,13+,15?;9-,10-,11+,13+;6-,7-,8+,9+/m01000/s1. The SMILES string of the molecule is CC[C@H](O)[C@@H]1C[C@H]2OC(C)(C)O[C@H]2O1.CC[C@H](OC(=O)C(C)C)[C@@H]1C[C@@H](O)[C@H](n2c(=O)sc3c(=O)[nH]c(N)nc32)O1.CC[C@H](OC(=O)C(C)C)[C@@H]1C[C@@H](OC(C)=O)C(OC(C)=O)O1.CC[C@H](OC(=O)C(C)C)[C@@H]1C[C@@H](OC(C)=O)[C@H](n2c(=O)sc3c(=O)[nH]c(N)nc32)O1.CC[C@H](OC(=O)C(C)C)[C@@H]1C[C@H]2OC(C)(C)O[C@H]2O1. The molecular weight excluding hydrogens is 1520 g/mol. The highest BCUT2D eigenvalue weighted by Crippen LogP contribution is 2.42. The predicted octanol–water partition coefficient (Wildman–Crippen LogP) is 6.11. The van der Waals surface area contributed by atoms with Crippen molar-refractivity contribution in [1.29, 1.82) is 0 Å². The number of aromatic nitrogens is 6. The molecule has 0 aliphatic carbocycles. The first-order chi connectivity index (χ1) is 52.4. The zero-order valence-electron chi connectivity index (χ0n) is 67.1. The van der Waals surface area contributed by atoms with E-state index >= 15 is 0 Å². The number of nitrogen functional groups attached to an aromatic ring is 2. The van der Waals surface area contributed by atoms with Gasteiger partial charge in [-0.3, -0.25) is 71.8 Å². The molecule has 0 bridgehead atoms. The van der Waals surface area contributed by atoms with Gasteiger partial charge >= 0.3 is 51.5 Å². The second-order valence-electron chi connectivity index (χ2n) is 30.1. The van der Waals surface area contributed by atoms with Crippen molar-refractivity contribution in [3.05, 3.63) is 40.0 Å². The molecule has 1 unspecified atom stereocenters. The van der Waals surface area contributed by atoms with E-state index in [4.69, 9.17) is 87.3 Å². The minimum atomic E-state index is -1.04. The van der Waals surface area contributed by atoms with Crippen LogP contribution in [0.1, 0.15) is 215 Å². The van der Waals surface area contributed by atoms with Gasteiger partial charge in [0, 0.05) is 52.9 Å². The van der Waals surface area contributed by atoms with Gasteiger partial charge in [-0.25, -0.2) is 0 Å². The van der Waals surface area contributed by atoms with Crippen LogP contribution in [0.15, 0.2) is 19.2 Å². The molecule has 8 N–H and O–H groups in total. The number of anilines is 2. The smallest absolute Gasteiger partial charge is 0.311 e. The topological polar surface area (TPSA) is 495 Å². The zero-order valence-corrected chi connectivity index (χ0v) is 68.7. The average Bonchev–Trinajstić information content (AvgIpc) is 1.61. The Labute approximate surface area is 655 Å². The van der Waals surface area contributed by atoms with Gasteiger partial charge in [0.1, 0.15) is 76.5 Å². The van der Waals surface area contributed by atoms with Crippen LogP contribution in [-0.2, 0) is 109 Å². The normalized spacial score (nSPS) is 27.9. The van der Waals surface area contributed by atoms with Crippen LogP contribution < -0.4 is 32.3 Å². The number of fused-ring (bicyclic) bond motifs is 4. The molecule has 0 spiro atoms. The second-order valence-corrected chi connectivity index (χ2v) is 32.0. The molecule has 0 radical (unpaired) electrons. The lowest BCUT2D eigenvalue weighted by molar-refractivity contribution is -0.218. The second kappa shape index (κ2) is 39.8. The van der Waals surface area contributed by atoms with Crippen molar-refractivity contribution >= 4 is 97.0 Å². The Morgan fingerprint density at radius 1 is 0.482 bits per heavy atom. The van der Waals surface area contributed by atoms with E-state index in [9.17, 15) is 63.0 Å². The summed E-state index contributed by atoms with van der Waals surface area (Å²) < 4.78 is 91.5. The Morgan fingerprint density at radius 3 is 1.20 bits per heavy atom. The van der Waals surface area contributed by atoms with Crippen LogP contribution in [0, 0.1) is 23.7 Å². The molecule has 7 aliphatic heterocycles. The lowest BCUT2D eigenvalue weighted by atomic mass is 10.1. The molecule has 0 saturated carbocycles. The largest absolute Gasteiger partial charge is 0.459 e. The fourth-order valence-corrected chi connectivity index (χ4v) is 14.8. The fourth-order valence-electron chi connectivity index (χ4n) is 13.1. The molecule has 11 rings (SSSR count). The summed E-state index contributed by atoms with van der Waals surface area (Å²) in [6, 6.07) is 0. The first kappa shape index (κ1) is 91.8. The number of nitrogens with zero attached hydrogens (tertiary/aromatic N) is 4. The van der Waals surface area contributed by atoms with E-state index in [1.165, 1.54) is 20.8 Å². The number of nitrogens with one attached hydrogen (secondary N) is 2. The highest BCUT2D eigenvalue weighted by Gasteiger charge is 2.53. The number of nitrogens with two attached hydrogens (primary N) is 2. The third-order valence-electron chi connectivity index (χ3n) is 18.6. The number of hydrogen-bond donors (Lipinski definition) is 6. The third kappa shape index (κ3) is 23.9. The number of carbonyl (C=O) groups is 7. The van der Waals surface area contributed by atoms with Crippen LogP contribution in [0.4, 0.5) is 11.9 Å². The van der Waals surface area contributed by atoms with Crippen LogP contribution in [0.25, 0.3) is 20.7 Å². The van der Waals surface area contributed by atoms with Crippen LogP contribution in [-0.4, -0.2) is 203 Å². The fraction of sp³-hybridized carbons (Fsp3) is 0.767. The van der Waals surface area contributed by atoms with Crippen LogP contribution in [0.2, 0.25) is 0 Å². The molecular formula is C73H112N8O29S2. The van der Waals surface area contributed by atoms with Gasteiger partial charge in [-0.15, -0.1) is 0 Å². The molecule has 112 heavy (non-hydrogen) atoms.